The van der Waals surface area contributed by atoms with Crippen LogP contribution in [0.3, 0.4) is 0 Å². The zero-order valence-electron chi connectivity index (χ0n) is 11.0. The highest BCUT2D eigenvalue weighted by atomic mass is 32.2. The predicted octanol–water partition coefficient (Wildman–Crippen LogP) is 0.598. The van der Waals surface area contributed by atoms with Crippen molar-refractivity contribution < 1.29 is 23.1 Å². The smallest absolute Gasteiger partial charge is 0.323 e. The van der Waals surface area contributed by atoms with Crippen molar-refractivity contribution in [3.05, 3.63) is 41.8 Å². The van der Waals surface area contributed by atoms with Crippen molar-refractivity contribution in [1.82, 2.24) is 5.32 Å². The minimum absolute atomic E-state index is 0.214. The number of urea groups is 1. The Balaban J connectivity index is 2.12. The van der Waals surface area contributed by atoms with Crippen LogP contribution in [0.4, 0.5) is 10.5 Å². The van der Waals surface area contributed by atoms with Crippen LogP contribution in [-0.4, -0.2) is 43.9 Å². The van der Waals surface area contributed by atoms with Gasteiger partial charge in [0.15, 0.2) is 9.84 Å². The molecule has 0 spiro atoms. The van der Waals surface area contributed by atoms with Crippen molar-refractivity contribution in [3.63, 3.8) is 0 Å². The molecule has 0 saturated carbocycles. The zero-order valence-corrected chi connectivity index (χ0v) is 11.8. The van der Waals surface area contributed by atoms with Crippen LogP contribution >= 0.6 is 0 Å². The molecule has 0 fully saturated rings. The molecular formula is C13H14N2O5S. The Kier molecular flexibility index (Phi) is 4.27. The average Bonchev–Trinajstić information content (AvgIpc) is 2.76. The third kappa shape index (κ3) is 4.06. The second kappa shape index (κ2) is 5.96. The summed E-state index contributed by atoms with van der Waals surface area (Å²) in [7, 11) is -3.28. The molecule has 2 amide bonds. The standard InChI is InChI=1S/C13H14N2O5S/c16-12(17)8-15(11-4-2-1-3-5-11)13(18)14-10-6-7-21(19,20)9-10/h1-7,10H,8-9H2,(H,14,18)(H,16,17). The summed E-state index contributed by atoms with van der Waals surface area (Å²) in [6.07, 6.45) is 1.37. The molecule has 8 heteroatoms. The van der Waals surface area contributed by atoms with Crippen molar-refractivity contribution >= 4 is 27.5 Å². The van der Waals surface area contributed by atoms with Gasteiger partial charge in [-0.2, -0.15) is 0 Å². The molecule has 1 atom stereocenters. The van der Waals surface area contributed by atoms with E-state index in [0.29, 0.717) is 5.69 Å². The van der Waals surface area contributed by atoms with Gasteiger partial charge < -0.3 is 10.4 Å². The number of carbonyl (C=O) groups is 2. The van der Waals surface area contributed by atoms with E-state index in [2.05, 4.69) is 5.32 Å². The highest BCUT2D eigenvalue weighted by Gasteiger charge is 2.26. The van der Waals surface area contributed by atoms with E-state index in [4.69, 9.17) is 5.11 Å². The second-order valence-corrected chi connectivity index (χ2v) is 6.46. The van der Waals surface area contributed by atoms with Crippen LogP contribution in [0.5, 0.6) is 0 Å². The first-order valence-electron chi connectivity index (χ1n) is 6.13. The van der Waals surface area contributed by atoms with Gasteiger partial charge >= 0.3 is 12.0 Å². The van der Waals surface area contributed by atoms with Crippen molar-refractivity contribution in [3.8, 4) is 0 Å². The minimum Gasteiger partial charge on any atom is -0.480 e. The summed E-state index contributed by atoms with van der Waals surface area (Å²) in [5.74, 6) is -1.38. The first-order chi connectivity index (χ1) is 9.87. The first kappa shape index (κ1) is 15.0. The van der Waals surface area contributed by atoms with Crippen LogP contribution in [-0.2, 0) is 14.6 Å². The van der Waals surface area contributed by atoms with Gasteiger partial charge in [0.1, 0.15) is 6.54 Å². The molecule has 1 aromatic carbocycles. The molecule has 0 radical (unpaired) electrons. The lowest BCUT2D eigenvalue weighted by molar-refractivity contribution is -0.135. The highest BCUT2D eigenvalue weighted by molar-refractivity contribution is 7.94. The zero-order chi connectivity index (χ0) is 15.5. The summed E-state index contributed by atoms with van der Waals surface area (Å²) in [6, 6.07) is 6.99. The largest absolute Gasteiger partial charge is 0.480 e. The van der Waals surface area contributed by atoms with Gasteiger partial charge in [-0.15, -0.1) is 0 Å². The van der Waals surface area contributed by atoms with E-state index in [-0.39, 0.29) is 5.75 Å². The van der Waals surface area contributed by atoms with Gasteiger partial charge in [-0.05, 0) is 18.2 Å². The van der Waals surface area contributed by atoms with Gasteiger partial charge in [-0.25, -0.2) is 13.2 Å². The number of nitrogens with one attached hydrogen (secondary N) is 1. The molecule has 1 unspecified atom stereocenters. The SMILES string of the molecule is O=C(O)CN(C(=O)NC1C=CS(=O)(=O)C1)c1ccccc1. The fourth-order valence-corrected chi connectivity index (χ4v) is 3.16. The first-order valence-corrected chi connectivity index (χ1v) is 7.85. The van der Waals surface area contributed by atoms with Crippen LogP contribution in [0.1, 0.15) is 0 Å². The lowest BCUT2D eigenvalue weighted by atomic mass is 10.3. The molecule has 1 aliphatic rings. The number of carboxylic acids is 1. The molecule has 0 aliphatic carbocycles. The number of nitrogens with zero attached hydrogens (tertiary/aromatic N) is 1. The monoisotopic (exact) mass is 310 g/mol. The predicted molar refractivity (Wildman–Crippen MR) is 76.7 cm³/mol. The van der Waals surface area contributed by atoms with Crippen LogP contribution in [0.2, 0.25) is 0 Å². The molecule has 1 aliphatic heterocycles. The Morgan fingerprint density at radius 2 is 1.95 bits per heavy atom. The van der Waals surface area contributed by atoms with E-state index < -0.39 is 34.4 Å². The summed E-state index contributed by atoms with van der Waals surface area (Å²) >= 11 is 0. The van der Waals surface area contributed by atoms with Crippen LogP contribution < -0.4 is 10.2 Å². The molecule has 0 saturated heterocycles. The van der Waals surface area contributed by atoms with Gasteiger partial charge in [0.25, 0.3) is 0 Å². The number of hydrogen-bond donors (Lipinski definition) is 2. The van der Waals surface area contributed by atoms with Crippen LogP contribution in [0.15, 0.2) is 41.8 Å². The Morgan fingerprint density at radius 1 is 1.29 bits per heavy atom. The number of rotatable bonds is 4. The molecule has 0 bridgehead atoms. The maximum Gasteiger partial charge on any atom is 0.323 e. The van der Waals surface area contributed by atoms with Gasteiger partial charge in [-0.3, -0.25) is 9.69 Å². The number of carbonyl (C=O) groups excluding carboxylic acids is 1. The third-order valence-corrected chi connectivity index (χ3v) is 4.24. The van der Waals surface area contributed by atoms with E-state index in [0.717, 1.165) is 10.3 Å². The summed E-state index contributed by atoms with van der Waals surface area (Å²) in [4.78, 5) is 24.1. The normalized spacial score (nSPS) is 19.1. The van der Waals surface area contributed by atoms with E-state index in [9.17, 15) is 18.0 Å². The lowest BCUT2D eigenvalue weighted by Gasteiger charge is -2.23. The number of para-hydroxylation sites is 1. The van der Waals surface area contributed by atoms with Crippen LogP contribution in [0.25, 0.3) is 0 Å². The summed E-state index contributed by atoms with van der Waals surface area (Å²) in [6.45, 7) is -0.515. The molecular weight excluding hydrogens is 296 g/mol. The Labute approximate surface area is 121 Å². The number of sulfone groups is 1. The number of amides is 2. The lowest BCUT2D eigenvalue weighted by Crippen LogP contribution is -2.47. The number of anilines is 1. The van der Waals surface area contributed by atoms with Crippen molar-refractivity contribution in [2.75, 3.05) is 17.2 Å². The highest BCUT2D eigenvalue weighted by Crippen LogP contribution is 2.14. The maximum atomic E-state index is 12.2. The van der Waals surface area contributed by atoms with E-state index >= 15 is 0 Å². The summed E-state index contributed by atoms with van der Waals surface area (Å²) in [5, 5.41) is 12.4. The molecule has 1 heterocycles. The van der Waals surface area contributed by atoms with Gasteiger partial charge in [0.2, 0.25) is 0 Å². The van der Waals surface area contributed by atoms with E-state index in [1.54, 1.807) is 30.3 Å². The molecule has 112 valence electrons. The fourth-order valence-electron chi connectivity index (χ4n) is 1.93. The minimum atomic E-state index is -3.28. The summed E-state index contributed by atoms with van der Waals surface area (Å²) in [5.41, 5.74) is 0.419. The maximum absolute atomic E-state index is 12.2. The van der Waals surface area contributed by atoms with Crippen molar-refractivity contribution in [2.45, 2.75) is 6.04 Å². The van der Waals surface area contributed by atoms with E-state index in [1.165, 1.54) is 6.08 Å². The number of aliphatic carboxylic acids is 1. The average molecular weight is 310 g/mol. The van der Waals surface area contributed by atoms with Crippen molar-refractivity contribution in [1.29, 1.82) is 0 Å². The molecule has 2 rings (SSSR count). The molecule has 7 nitrogen and oxygen atoms in total. The van der Waals surface area contributed by atoms with Gasteiger partial charge in [-0.1, -0.05) is 18.2 Å². The molecule has 2 N–H and O–H groups in total. The number of hydrogen-bond acceptors (Lipinski definition) is 4. The quantitative estimate of drug-likeness (QED) is 0.847. The molecule has 1 aromatic rings. The van der Waals surface area contributed by atoms with Crippen LogP contribution in [0, 0.1) is 0 Å². The van der Waals surface area contributed by atoms with Gasteiger partial charge in [0.05, 0.1) is 11.8 Å². The molecule has 21 heavy (non-hydrogen) atoms. The molecule has 0 aromatic heterocycles. The topological polar surface area (TPSA) is 104 Å². The fraction of sp³-hybridized carbons (Fsp3) is 0.231. The van der Waals surface area contributed by atoms with E-state index in [1.807, 2.05) is 0 Å². The Bertz CT molecular complexity index is 669. The second-order valence-electron chi connectivity index (χ2n) is 4.53. The Morgan fingerprint density at radius 3 is 2.48 bits per heavy atom. The number of benzene rings is 1. The summed E-state index contributed by atoms with van der Waals surface area (Å²) < 4.78 is 22.6. The third-order valence-electron chi connectivity index (χ3n) is 2.85. The Hall–Kier alpha value is -2.35. The van der Waals surface area contributed by atoms with Crippen molar-refractivity contribution in [2.24, 2.45) is 0 Å². The number of carboxylic acid groups (broad SMARTS) is 1. The van der Waals surface area contributed by atoms with Gasteiger partial charge in [0, 0.05) is 11.1 Å².